The first-order valence-corrected chi connectivity index (χ1v) is 11.7. The molecule has 3 aromatic carbocycles. The van der Waals surface area contributed by atoms with Crippen molar-refractivity contribution in [2.75, 3.05) is 0 Å². The number of benzene rings is 3. The fraction of sp³-hybridized carbons (Fsp3) is 0.0690. The highest BCUT2D eigenvalue weighted by Crippen LogP contribution is 2.41. The van der Waals surface area contributed by atoms with Crippen molar-refractivity contribution < 1.29 is 24.4 Å². The molecular weight excluding hydrogens is 486 g/mol. The second-order valence-electron chi connectivity index (χ2n) is 8.57. The van der Waals surface area contributed by atoms with Gasteiger partial charge in [-0.05, 0) is 59.7 Å². The van der Waals surface area contributed by atoms with Crippen LogP contribution in [0.25, 0.3) is 5.76 Å². The molecule has 4 aromatic rings. The molecule has 0 aliphatic carbocycles. The predicted octanol–water partition coefficient (Wildman–Crippen LogP) is 5.40. The molecule has 0 bridgehead atoms. The van der Waals surface area contributed by atoms with Crippen LogP contribution in [0.3, 0.4) is 0 Å². The normalized spacial score (nSPS) is 16.4. The van der Waals surface area contributed by atoms with Crippen LogP contribution in [0.1, 0.15) is 22.7 Å². The summed E-state index contributed by atoms with van der Waals surface area (Å²) in [7, 11) is 0. The Bertz CT molecular complexity index is 1540. The molecule has 1 aliphatic rings. The average molecular weight is 508 g/mol. The van der Waals surface area contributed by atoms with Crippen LogP contribution in [0.15, 0.2) is 109 Å². The van der Waals surface area contributed by atoms with Crippen molar-refractivity contribution in [2.45, 2.75) is 12.6 Å². The molecule has 1 unspecified atom stereocenters. The maximum absolute atomic E-state index is 13.3. The van der Waals surface area contributed by atoms with Crippen molar-refractivity contribution in [1.29, 1.82) is 0 Å². The second kappa shape index (κ2) is 10.4. The Morgan fingerprint density at radius 1 is 0.921 bits per heavy atom. The van der Waals surface area contributed by atoms with E-state index in [0.29, 0.717) is 17.1 Å². The highest BCUT2D eigenvalue weighted by Gasteiger charge is 2.46. The molecule has 0 radical (unpaired) electrons. The number of amides is 1. The Morgan fingerprint density at radius 3 is 2.29 bits per heavy atom. The molecule has 1 aliphatic heterocycles. The highest BCUT2D eigenvalue weighted by atomic mass is 16.6. The van der Waals surface area contributed by atoms with E-state index < -0.39 is 28.4 Å². The molecule has 1 saturated heterocycles. The number of hydrogen-bond donors (Lipinski definition) is 1. The van der Waals surface area contributed by atoms with E-state index in [1.807, 2.05) is 18.2 Å². The van der Waals surface area contributed by atoms with Gasteiger partial charge in [-0.15, -0.1) is 0 Å². The van der Waals surface area contributed by atoms with Crippen LogP contribution in [0, 0.1) is 10.1 Å². The SMILES string of the molecule is O=C1C(=O)N(Cc2ccncc2)C(c2cccc(Oc3ccccc3)c2)/C1=C(\O)c1ccc([N+](=O)[O-])cc1. The van der Waals surface area contributed by atoms with Gasteiger partial charge in [0.15, 0.2) is 0 Å². The summed E-state index contributed by atoms with van der Waals surface area (Å²) in [6.45, 7) is 0.0958. The van der Waals surface area contributed by atoms with Gasteiger partial charge in [-0.25, -0.2) is 0 Å². The molecule has 1 atom stereocenters. The van der Waals surface area contributed by atoms with E-state index in [0.717, 1.165) is 5.56 Å². The molecular formula is C29H21N3O6. The third-order valence-electron chi connectivity index (χ3n) is 6.15. The molecule has 9 nitrogen and oxygen atoms in total. The van der Waals surface area contributed by atoms with Crippen molar-refractivity contribution in [3.63, 3.8) is 0 Å². The van der Waals surface area contributed by atoms with E-state index in [4.69, 9.17) is 4.74 Å². The number of aliphatic hydroxyl groups excluding tert-OH is 1. The van der Waals surface area contributed by atoms with Gasteiger partial charge in [-0.3, -0.25) is 24.7 Å². The van der Waals surface area contributed by atoms with Gasteiger partial charge in [-0.2, -0.15) is 0 Å². The summed E-state index contributed by atoms with van der Waals surface area (Å²) in [4.78, 5) is 42.4. The van der Waals surface area contributed by atoms with Crippen molar-refractivity contribution in [3.8, 4) is 11.5 Å². The lowest BCUT2D eigenvalue weighted by Gasteiger charge is -2.25. The number of nitro benzene ring substituents is 1. The quantitative estimate of drug-likeness (QED) is 0.117. The third-order valence-corrected chi connectivity index (χ3v) is 6.15. The summed E-state index contributed by atoms with van der Waals surface area (Å²) in [5.41, 5.74) is 1.20. The molecule has 38 heavy (non-hydrogen) atoms. The molecule has 9 heteroatoms. The fourth-order valence-corrected chi connectivity index (χ4v) is 4.34. The number of ether oxygens (including phenoxy) is 1. The van der Waals surface area contributed by atoms with Gasteiger partial charge in [0.2, 0.25) is 0 Å². The van der Waals surface area contributed by atoms with E-state index in [2.05, 4.69) is 4.98 Å². The number of rotatable bonds is 7. The summed E-state index contributed by atoms with van der Waals surface area (Å²) in [6, 6.07) is 23.8. The summed E-state index contributed by atoms with van der Waals surface area (Å²) < 4.78 is 5.96. The average Bonchev–Trinajstić information content (AvgIpc) is 3.19. The Balaban J connectivity index is 1.61. The zero-order valence-electron chi connectivity index (χ0n) is 19.9. The maximum atomic E-state index is 13.3. The van der Waals surface area contributed by atoms with E-state index >= 15 is 0 Å². The molecule has 1 amide bonds. The number of carbonyl (C=O) groups is 2. The number of carbonyl (C=O) groups excluding carboxylic acids is 2. The molecule has 188 valence electrons. The van der Waals surface area contributed by atoms with Crippen LogP contribution in [0.4, 0.5) is 5.69 Å². The van der Waals surface area contributed by atoms with Crippen LogP contribution in [-0.4, -0.2) is 31.6 Å². The second-order valence-corrected chi connectivity index (χ2v) is 8.57. The minimum absolute atomic E-state index is 0.0958. The van der Waals surface area contributed by atoms with Crippen molar-refractivity contribution in [2.24, 2.45) is 0 Å². The fourth-order valence-electron chi connectivity index (χ4n) is 4.34. The number of non-ortho nitro benzene ring substituents is 1. The van der Waals surface area contributed by atoms with E-state index in [1.165, 1.54) is 29.2 Å². The Labute approximate surface area is 217 Å². The van der Waals surface area contributed by atoms with Gasteiger partial charge in [0.05, 0.1) is 16.5 Å². The van der Waals surface area contributed by atoms with Crippen molar-refractivity contribution in [3.05, 3.63) is 136 Å². The number of aromatic nitrogens is 1. The van der Waals surface area contributed by atoms with Crippen molar-refractivity contribution in [1.82, 2.24) is 9.88 Å². The lowest BCUT2D eigenvalue weighted by Crippen LogP contribution is -2.29. The monoisotopic (exact) mass is 507 g/mol. The smallest absolute Gasteiger partial charge is 0.295 e. The van der Waals surface area contributed by atoms with Gasteiger partial charge in [0.1, 0.15) is 17.3 Å². The minimum atomic E-state index is -0.933. The molecule has 1 aromatic heterocycles. The Morgan fingerprint density at radius 2 is 1.61 bits per heavy atom. The number of pyridine rings is 1. The van der Waals surface area contributed by atoms with E-state index in [-0.39, 0.29) is 23.4 Å². The molecule has 0 spiro atoms. The van der Waals surface area contributed by atoms with Gasteiger partial charge in [0, 0.05) is 36.6 Å². The van der Waals surface area contributed by atoms with E-state index in [9.17, 15) is 24.8 Å². The number of ketones is 1. The first-order chi connectivity index (χ1) is 18.4. The van der Waals surface area contributed by atoms with Crippen LogP contribution < -0.4 is 4.74 Å². The third kappa shape index (κ3) is 4.85. The lowest BCUT2D eigenvalue weighted by molar-refractivity contribution is -0.384. The number of hydrogen-bond acceptors (Lipinski definition) is 7. The summed E-state index contributed by atoms with van der Waals surface area (Å²) in [5.74, 6) is -0.950. The topological polar surface area (TPSA) is 123 Å². The molecule has 1 N–H and O–H groups in total. The number of nitro groups is 1. The highest BCUT2D eigenvalue weighted by molar-refractivity contribution is 6.46. The Kier molecular flexibility index (Phi) is 6.65. The zero-order valence-corrected chi connectivity index (χ0v) is 19.9. The van der Waals surface area contributed by atoms with Crippen LogP contribution in [-0.2, 0) is 16.1 Å². The first kappa shape index (κ1) is 24.4. The molecule has 5 rings (SSSR count). The maximum Gasteiger partial charge on any atom is 0.295 e. The van der Waals surface area contributed by atoms with Gasteiger partial charge in [-0.1, -0.05) is 30.3 Å². The van der Waals surface area contributed by atoms with Crippen LogP contribution >= 0.6 is 0 Å². The Hall–Kier alpha value is -5.31. The lowest BCUT2D eigenvalue weighted by atomic mass is 9.95. The number of likely N-dealkylation sites (tertiary alicyclic amines) is 1. The number of aliphatic hydroxyl groups is 1. The standard InChI is InChI=1S/C29H21N3O6/c33-27(20-9-11-22(12-10-20)32(36)37)25-26(31(29(35)28(25)34)18-19-13-15-30-16-14-19)21-5-4-8-24(17-21)38-23-6-2-1-3-7-23/h1-17,26,33H,18H2/b27-25+. The largest absolute Gasteiger partial charge is 0.507 e. The van der Waals surface area contributed by atoms with Gasteiger partial charge < -0.3 is 14.7 Å². The van der Waals surface area contributed by atoms with E-state index in [1.54, 1.807) is 60.9 Å². The van der Waals surface area contributed by atoms with Crippen LogP contribution in [0.5, 0.6) is 11.5 Å². The summed E-state index contributed by atoms with van der Waals surface area (Å²) >= 11 is 0. The molecule has 2 heterocycles. The van der Waals surface area contributed by atoms with Gasteiger partial charge in [0.25, 0.3) is 17.4 Å². The molecule has 0 saturated carbocycles. The first-order valence-electron chi connectivity index (χ1n) is 11.7. The van der Waals surface area contributed by atoms with Gasteiger partial charge >= 0.3 is 0 Å². The number of nitrogens with zero attached hydrogens (tertiary/aromatic N) is 3. The number of Topliss-reactive ketones (excluding diaryl/α,β-unsaturated/α-hetero) is 1. The van der Waals surface area contributed by atoms with Crippen molar-refractivity contribution >= 4 is 23.1 Å². The minimum Gasteiger partial charge on any atom is -0.507 e. The number of para-hydroxylation sites is 1. The predicted molar refractivity (Wildman–Crippen MR) is 138 cm³/mol. The zero-order chi connectivity index (χ0) is 26.6. The summed E-state index contributed by atoms with van der Waals surface area (Å²) in [5, 5.41) is 22.3. The van der Waals surface area contributed by atoms with Crippen LogP contribution in [0.2, 0.25) is 0 Å². The summed E-state index contributed by atoms with van der Waals surface area (Å²) in [6.07, 6.45) is 3.18. The molecule has 1 fully saturated rings.